The molecule has 1 N–H and O–H groups in total. The molecule has 140 valence electrons. The highest BCUT2D eigenvalue weighted by Gasteiger charge is 2.14. The van der Waals surface area contributed by atoms with Crippen molar-refractivity contribution in [2.24, 2.45) is 0 Å². The van der Waals surface area contributed by atoms with Gasteiger partial charge < -0.3 is 10.1 Å². The lowest BCUT2D eigenvalue weighted by molar-refractivity contribution is -0.118. The Morgan fingerprint density at radius 3 is 2.54 bits per heavy atom. The molecule has 0 spiro atoms. The first kappa shape index (κ1) is 18.7. The molecule has 0 unspecified atom stereocenters. The van der Waals surface area contributed by atoms with Crippen LogP contribution in [-0.2, 0) is 4.79 Å². The number of fused-ring (bicyclic) bond motifs is 1. The molecule has 1 heterocycles. The predicted molar refractivity (Wildman–Crippen MR) is 116 cm³/mol. The molecule has 1 amide bonds. The fourth-order valence-corrected chi connectivity index (χ4v) is 3.95. The molecule has 3 aromatic carbocycles. The normalized spacial score (nSPS) is 10.8. The van der Waals surface area contributed by atoms with Crippen molar-refractivity contribution in [3.8, 4) is 16.3 Å². The highest BCUT2D eigenvalue weighted by Crippen LogP contribution is 2.36. The van der Waals surface area contributed by atoms with Crippen LogP contribution in [0.15, 0.2) is 66.7 Å². The van der Waals surface area contributed by atoms with Crippen molar-refractivity contribution in [2.75, 3.05) is 11.9 Å². The largest absolute Gasteiger partial charge is 0.484 e. The van der Waals surface area contributed by atoms with Gasteiger partial charge in [0.1, 0.15) is 10.8 Å². The molecule has 4 rings (SSSR count). The minimum absolute atomic E-state index is 0.121. The van der Waals surface area contributed by atoms with Gasteiger partial charge in [0.25, 0.3) is 5.91 Å². The number of hydrogen-bond acceptors (Lipinski definition) is 4. The van der Waals surface area contributed by atoms with Crippen LogP contribution < -0.4 is 10.1 Å². The smallest absolute Gasteiger partial charge is 0.262 e. The van der Waals surface area contributed by atoms with Gasteiger partial charge in [0.15, 0.2) is 6.61 Å². The molecule has 0 bridgehead atoms. The zero-order chi connectivity index (χ0) is 19.5. The number of para-hydroxylation sites is 1. The number of carbonyl (C=O) groups excluding carboxylic acids is 1. The first-order valence-corrected chi connectivity index (χ1v) is 9.99. The second-order valence-corrected chi connectivity index (χ2v) is 7.87. The number of nitrogens with one attached hydrogen (secondary N) is 1. The first-order valence-electron chi connectivity index (χ1n) is 8.42. The molecule has 0 fully saturated rings. The third kappa shape index (κ3) is 4.28. The van der Waals surface area contributed by atoms with E-state index < -0.39 is 0 Å². The fourth-order valence-electron chi connectivity index (χ4n) is 2.66. The van der Waals surface area contributed by atoms with Crippen LogP contribution in [-0.4, -0.2) is 17.5 Å². The molecule has 0 atom stereocenters. The lowest BCUT2D eigenvalue weighted by atomic mass is 10.2. The molecule has 4 aromatic rings. The number of aromatic nitrogens is 1. The number of halogens is 2. The van der Waals surface area contributed by atoms with Gasteiger partial charge in [0, 0.05) is 15.6 Å². The van der Waals surface area contributed by atoms with Crippen molar-refractivity contribution in [2.45, 2.75) is 0 Å². The molecule has 1 aromatic heterocycles. The summed E-state index contributed by atoms with van der Waals surface area (Å²) in [5.41, 5.74) is 2.31. The summed E-state index contributed by atoms with van der Waals surface area (Å²) in [6, 6.07) is 20.0. The maximum atomic E-state index is 12.4. The second kappa shape index (κ2) is 8.19. The van der Waals surface area contributed by atoms with E-state index >= 15 is 0 Å². The Morgan fingerprint density at radius 2 is 1.75 bits per heavy atom. The average Bonchev–Trinajstić information content (AvgIpc) is 3.13. The van der Waals surface area contributed by atoms with E-state index in [2.05, 4.69) is 10.3 Å². The minimum atomic E-state index is -0.278. The highest BCUT2D eigenvalue weighted by atomic mass is 35.5. The van der Waals surface area contributed by atoms with Crippen LogP contribution in [0.3, 0.4) is 0 Å². The van der Waals surface area contributed by atoms with Gasteiger partial charge >= 0.3 is 0 Å². The molecule has 0 aliphatic heterocycles. The maximum Gasteiger partial charge on any atom is 0.262 e. The van der Waals surface area contributed by atoms with Gasteiger partial charge in [-0.25, -0.2) is 4.98 Å². The SMILES string of the molecule is O=C(COc1ccc(Cl)cc1)Nc1ccc(Cl)cc1-c1nc2ccccc2s1. The molecule has 0 aliphatic carbocycles. The van der Waals surface area contributed by atoms with Gasteiger partial charge in [0.2, 0.25) is 0 Å². The second-order valence-electron chi connectivity index (χ2n) is 5.97. The average molecular weight is 429 g/mol. The minimum Gasteiger partial charge on any atom is -0.484 e. The summed E-state index contributed by atoms with van der Waals surface area (Å²) in [6.45, 7) is -0.121. The van der Waals surface area contributed by atoms with E-state index in [1.54, 1.807) is 53.8 Å². The lowest BCUT2D eigenvalue weighted by Crippen LogP contribution is -2.20. The van der Waals surface area contributed by atoms with E-state index in [0.29, 0.717) is 21.5 Å². The number of rotatable bonds is 5. The van der Waals surface area contributed by atoms with Crippen molar-refractivity contribution in [3.05, 3.63) is 76.8 Å². The van der Waals surface area contributed by atoms with Crippen molar-refractivity contribution in [3.63, 3.8) is 0 Å². The third-order valence-electron chi connectivity index (χ3n) is 3.96. The van der Waals surface area contributed by atoms with Crippen LogP contribution in [0.5, 0.6) is 5.75 Å². The molecule has 4 nitrogen and oxygen atoms in total. The van der Waals surface area contributed by atoms with E-state index in [9.17, 15) is 4.79 Å². The maximum absolute atomic E-state index is 12.4. The quantitative estimate of drug-likeness (QED) is 0.406. The van der Waals surface area contributed by atoms with E-state index in [-0.39, 0.29) is 12.5 Å². The number of nitrogens with zero attached hydrogens (tertiary/aromatic N) is 1. The van der Waals surface area contributed by atoms with Gasteiger partial charge in [-0.15, -0.1) is 11.3 Å². The monoisotopic (exact) mass is 428 g/mol. The number of benzene rings is 3. The molecule has 7 heteroatoms. The van der Waals surface area contributed by atoms with Crippen LogP contribution in [0, 0.1) is 0 Å². The number of hydrogen-bond donors (Lipinski definition) is 1. The van der Waals surface area contributed by atoms with Crippen molar-refractivity contribution < 1.29 is 9.53 Å². The van der Waals surface area contributed by atoms with E-state index in [0.717, 1.165) is 20.8 Å². The molecule has 0 saturated carbocycles. The number of carbonyl (C=O) groups is 1. The van der Waals surface area contributed by atoms with Gasteiger partial charge in [-0.2, -0.15) is 0 Å². The lowest BCUT2D eigenvalue weighted by Gasteiger charge is -2.11. The van der Waals surface area contributed by atoms with Gasteiger partial charge in [0.05, 0.1) is 15.9 Å². The molecule has 0 aliphatic rings. The van der Waals surface area contributed by atoms with Crippen molar-refractivity contribution in [1.82, 2.24) is 4.98 Å². The number of thiazole rings is 1. The van der Waals surface area contributed by atoms with E-state index in [4.69, 9.17) is 27.9 Å². The van der Waals surface area contributed by atoms with Gasteiger partial charge in [-0.1, -0.05) is 35.3 Å². The summed E-state index contributed by atoms with van der Waals surface area (Å²) >= 11 is 13.6. The number of anilines is 1. The third-order valence-corrected chi connectivity index (χ3v) is 5.52. The van der Waals surface area contributed by atoms with Crippen LogP contribution >= 0.6 is 34.5 Å². The Kier molecular flexibility index (Phi) is 5.48. The van der Waals surface area contributed by atoms with E-state index in [1.807, 2.05) is 24.3 Å². The van der Waals surface area contributed by atoms with Crippen LogP contribution in [0.2, 0.25) is 10.0 Å². The van der Waals surface area contributed by atoms with Crippen molar-refractivity contribution >= 4 is 56.3 Å². The Morgan fingerprint density at radius 1 is 1.00 bits per heavy atom. The topological polar surface area (TPSA) is 51.2 Å². The first-order chi connectivity index (χ1) is 13.6. The molecular weight excluding hydrogens is 415 g/mol. The standard InChI is InChI=1S/C21H14Cl2N2O2S/c22-13-5-8-15(9-6-13)27-12-20(26)24-17-10-7-14(23)11-16(17)21-25-18-3-1-2-4-19(18)28-21/h1-11H,12H2,(H,24,26). The zero-order valence-electron chi connectivity index (χ0n) is 14.5. The Bertz CT molecular complexity index is 1110. The van der Waals surface area contributed by atoms with E-state index in [1.165, 1.54) is 0 Å². The van der Waals surface area contributed by atoms with Gasteiger partial charge in [-0.3, -0.25) is 4.79 Å². The summed E-state index contributed by atoms with van der Waals surface area (Å²) in [4.78, 5) is 17.0. The molecular formula is C21H14Cl2N2O2S. The summed E-state index contributed by atoms with van der Waals surface area (Å²) in [7, 11) is 0. The summed E-state index contributed by atoms with van der Waals surface area (Å²) in [6.07, 6.45) is 0. The van der Waals surface area contributed by atoms with Crippen molar-refractivity contribution in [1.29, 1.82) is 0 Å². The van der Waals surface area contributed by atoms with Gasteiger partial charge in [-0.05, 0) is 54.6 Å². The Labute approximate surface area is 175 Å². The molecule has 0 saturated heterocycles. The molecule has 28 heavy (non-hydrogen) atoms. The number of amides is 1. The Hall–Kier alpha value is -2.60. The zero-order valence-corrected chi connectivity index (χ0v) is 16.8. The summed E-state index contributed by atoms with van der Waals surface area (Å²) < 4.78 is 6.57. The predicted octanol–water partition coefficient (Wildman–Crippen LogP) is 6.29. The number of ether oxygens (including phenoxy) is 1. The Balaban J connectivity index is 1.54. The van der Waals surface area contributed by atoms with Crippen LogP contribution in [0.25, 0.3) is 20.8 Å². The summed E-state index contributed by atoms with van der Waals surface area (Å²) in [5, 5.41) is 4.85. The fraction of sp³-hybridized carbons (Fsp3) is 0.0476. The van der Waals surface area contributed by atoms with Crippen LogP contribution in [0.1, 0.15) is 0 Å². The van der Waals surface area contributed by atoms with Crippen LogP contribution in [0.4, 0.5) is 5.69 Å². The molecule has 0 radical (unpaired) electrons. The summed E-state index contributed by atoms with van der Waals surface area (Å²) in [5.74, 6) is 0.293. The highest BCUT2D eigenvalue weighted by molar-refractivity contribution is 7.21.